The average molecular weight is 317 g/mol. The lowest BCUT2D eigenvalue weighted by molar-refractivity contribution is 0.216. The van der Waals surface area contributed by atoms with Crippen molar-refractivity contribution < 1.29 is 4.79 Å². The molecule has 0 radical (unpaired) electrons. The van der Waals surface area contributed by atoms with Gasteiger partial charge in [-0.25, -0.2) is 4.79 Å². The molecule has 0 saturated carbocycles. The SMILES string of the molecule is CN(C)C(=O)NCc1nn(C)c2c1CN(Cc1cnn(C)c1)C2. The summed E-state index contributed by atoms with van der Waals surface area (Å²) in [6.07, 6.45) is 3.94. The van der Waals surface area contributed by atoms with Gasteiger partial charge in [-0.15, -0.1) is 0 Å². The summed E-state index contributed by atoms with van der Waals surface area (Å²) >= 11 is 0. The van der Waals surface area contributed by atoms with Gasteiger partial charge in [-0.3, -0.25) is 14.3 Å². The van der Waals surface area contributed by atoms with E-state index in [1.165, 1.54) is 21.7 Å². The number of fused-ring (bicyclic) bond motifs is 1. The number of carbonyl (C=O) groups excluding carboxylic acids is 1. The molecule has 1 aliphatic rings. The molecule has 8 heteroatoms. The van der Waals surface area contributed by atoms with Gasteiger partial charge in [0.15, 0.2) is 0 Å². The van der Waals surface area contributed by atoms with Crippen LogP contribution in [0.5, 0.6) is 0 Å². The predicted octanol–water partition coefficient (Wildman–Crippen LogP) is 0.441. The van der Waals surface area contributed by atoms with Crippen molar-refractivity contribution in [2.75, 3.05) is 14.1 Å². The highest BCUT2D eigenvalue weighted by Crippen LogP contribution is 2.26. The van der Waals surface area contributed by atoms with Gasteiger partial charge in [-0.1, -0.05) is 0 Å². The fraction of sp³-hybridized carbons (Fsp3) is 0.533. The first-order chi connectivity index (χ1) is 10.9. The molecule has 0 aromatic carbocycles. The number of nitrogens with zero attached hydrogens (tertiary/aromatic N) is 6. The first-order valence-corrected chi connectivity index (χ1v) is 7.62. The second kappa shape index (κ2) is 6.04. The summed E-state index contributed by atoms with van der Waals surface area (Å²) in [5.74, 6) is 0. The zero-order valence-corrected chi connectivity index (χ0v) is 14.1. The molecule has 0 aliphatic carbocycles. The maximum Gasteiger partial charge on any atom is 0.317 e. The topological polar surface area (TPSA) is 71.2 Å². The molecular weight excluding hydrogens is 294 g/mol. The van der Waals surface area contributed by atoms with Gasteiger partial charge in [0, 0.05) is 65.1 Å². The van der Waals surface area contributed by atoms with Crippen LogP contribution in [0.15, 0.2) is 12.4 Å². The van der Waals surface area contributed by atoms with Gasteiger partial charge in [0.2, 0.25) is 0 Å². The van der Waals surface area contributed by atoms with E-state index in [1.54, 1.807) is 14.1 Å². The Morgan fingerprint density at radius 1 is 1.35 bits per heavy atom. The van der Waals surface area contributed by atoms with Crippen molar-refractivity contribution in [3.05, 3.63) is 34.9 Å². The third kappa shape index (κ3) is 3.21. The van der Waals surface area contributed by atoms with Crippen molar-refractivity contribution in [2.24, 2.45) is 14.1 Å². The van der Waals surface area contributed by atoms with Crippen LogP contribution in [0.3, 0.4) is 0 Å². The molecule has 0 unspecified atom stereocenters. The third-order valence-electron chi connectivity index (χ3n) is 4.09. The summed E-state index contributed by atoms with van der Waals surface area (Å²) in [5, 5.41) is 11.7. The number of aryl methyl sites for hydroxylation is 2. The maximum atomic E-state index is 11.7. The summed E-state index contributed by atoms with van der Waals surface area (Å²) in [6, 6.07) is -0.102. The number of hydrogen-bond acceptors (Lipinski definition) is 4. The molecule has 2 aromatic heterocycles. The van der Waals surface area contributed by atoms with Crippen LogP contribution in [0, 0.1) is 0 Å². The van der Waals surface area contributed by atoms with E-state index < -0.39 is 0 Å². The Kier molecular flexibility index (Phi) is 4.08. The predicted molar refractivity (Wildman–Crippen MR) is 85.3 cm³/mol. The smallest absolute Gasteiger partial charge is 0.317 e. The standard InChI is InChI=1S/C15H23N7O/c1-19(2)15(23)16-6-13-12-9-22(10-14(12)21(4)18-13)8-11-5-17-20(3)7-11/h5,7H,6,8-10H2,1-4H3,(H,16,23). The highest BCUT2D eigenvalue weighted by Gasteiger charge is 2.27. The van der Waals surface area contributed by atoms with Gasteiger partial charge >= 0.3 is 6.03 Å². The van der Waals surface area contributed by atoms with E-state index in [-0.39, 0.29) is 6.03 Å². The Morgan fingerprint density at radius 3 is 2.78 bits per heavy atom. The van der Waals surface area contributed by atoms with Crippen LogP contribution in [-0.2, 0) is 40.3 Å². The number of rotatable bonds is 4. The van der Waals surface area contributed by atoms with Crippen molar-refractivity contribution in [3.63, 3.8) is 0 Å². The van der Waals surface area contributed by atoms with E-state index in [0.29, 0.717) is 6.54 Å². The first kappa shape index (κ1) is 15.5. The molecule has 0 saturated heterocycles. The van der Waals surface area contributed by atoms with E-state index in [2.05, 4.69) is 20.4 Å². The zero-order valence-electron chi connectivity index (χ0n) is 14.1. The molecule has 3 heterocycles. The lowest BCUT2D eigenvalue weighted by Gasteiger charge is -2.15. The van der Waals surface area contributed by atoms with Crippen molar-refractivity contribution in [1.29, 1.82) is 0 Å². The minimum atomic E-state index is -0.102. The van der Waals surface area contributed by atoms with E-state index in [1.807, 2.05) is 35.9 Å². The fourth-order valence-electron chi connectivity index (χ4n) is 2.92. The molecule has 2 aromatic rings. The Labute approximate surface area is 135 Å². The van der Waals surface area contributed by atoms with Gasteiger partial charge in [0.1, 0.15) is 0 Å². The molecule has 1 aliphatic heterocycles. The molecule has 3 rings (SSSR count). The molecule has 23 heavy (non-hydrogen) atoms. The first-order valence-electron chi connectivity index (χ1n) is 7.62. The van der Waals surface area contributed by atoms with Gasteiger partial charge in [-0.2, -0.15) is 10.2 Å². The molecular formula is C15H23N7O. The monoisotopic (exact) mass is 317 g/mol. The van der Waals surface area contributed by atoms with E-state index in [4.69, 9.17) is 0 Å². The van der Waals surface area contributed by atoms with Crippen LogP contribution >= 0.6 is 0 Å². The van der Waals surface area contributed by atoms with Crippen molar-refractivity contribution in [1.82, 2.24) is 34.7 Å². The van der Waals surface area contributed by atoms with Crippen molar-refractivity contribution >= 4 is 6.03 Å². The molecule has 0 fully saturated rings. The van der Waals surface area contributed by atoms with Crippen molar-refractivity contribution in [2.45, 2.75) is 26.2 Å². The van der Waals surface area contributed by atoms with Crippen LogP contribution in [-0.4, -0.2) is 49.5 Å². The van der Waals surface area contributed by atoms with Gasteiger partial charge in [0.05, 0.1) is 24.1 Å². The van der Waals surface area contributed by atoms with E-state index >= 15 is 0 Å². The quantitative estimate of drug-likeness (QED) is 0.888. The number of hydrogen-bond donors (Lipinski definition) is 1. The Balaban J connectivity index is 1.67. The maximum absolute atomic E-state index is 11.7. The van der Waals surface area contributed by atoms with Gasteiger partial charge in [-0.05, 0) is 0 Å². The number of urea groups is 1. The highest BCUT2D eigenvalue weighted by atomic mass is 16.2. The minimum Gasteiger partial charge on any atom is -0.332 e. The minimum absolute atomic E-state index is 0.102. The lowest BCUT2D eigenvalue weighted by Crippen LogP contribution is -2.34. The van der Waals surface area contributed by atoms with E-state index in [0.717, 1.165) is 25.3 Å². The molecule has 0 spiro atoms. The summed E-state index contributed by atoms with van der Waals surface area (Å²) in [6.45, 7) is 3.05. The van der Waals surface area contributed by atoms with Crippen molar-refractivity contribution in [3.8, 4) is 0 Å². The van der Waals surface area contributed by atoms with E-state index in [9.17, 15) is 4.79 Å². The summed E-state index contributed by atoms with van der Waals surface area (Å²) in [4.78, 5) is 15.6. The third-order valence-corrected chi connectivity index (χ3v) is 4.09. The Morgan fingerprint density at radius 2 is 2.13 bits per heavy atom. The number of aromatic nitrogens is 4. The lowest BCUT2D eigenvalue weighted by atomic mass is 10.2. The van der Waals surface area contributed by atoms with Crippen LogP contribution in [0.2, 0.25) is 0 Å². The molecule has 0 atom stereocenters. The fourth-order valence-corrected chi connectivity index (χ4v) is 2.92. The largest absolute Gasteiger partial charge is 0.332 e. The number of nitrogens with one attached hydrogen (secondary N) is 1. The summed E-state index contributed by atoms with van der Waals surface area (Å²) in [7, 11) is 7.35. The van der Waals surface area contributed by atoms with Gasteiger partial charge in [0.25, 0.3) is 0 Å². The summed E-state index contributed by atoms with van der Waals surface area (Å²) in [5.41, 5.74) is 4.61. The van der Waals surface area contributed by atoms with Crippen LogP contribution in [0.25, 0.3) is 0 Å². The normalized spacial score (nSPS) is 14.1. The molecule has 124 valence electrons. The highest BCUT2D eigenvalue weighted by molar-refractivity contribution is 5.73. The average Bonchev–Trinajstić information content (AvgIpc) is 3.15. The Bertz CT molecular complexity index is 715. The van der Waals surface area contributed by atoms with Crippen LogP contribution < -0.4 is 5.32 Å². The molecule has 2 amide bonds. The van der Waals surface area contributed by atoms with Gasteiger partial charge < -0.3 is 10.2 Å². The molecule has 0 bridgehead atoms. The number of amides is 2. The molecule has 1 N–H and O–H groups in total. The second-order valence-corrected chi connectivity index (χ2v) is 6.22. The Hall–Kier alpha value is -2.35. The molecule has 8 nitrogen and oxygen atoms in total. The van der Waals surface area contributed by atoms with Crippen LogP contribution in [0.4, 0.5) is 4.79 Å². The zero-order chi connectivity index (χ0) is 16.6. The van der Waals surface area contributed by atoms with Crippen LogP contribution in [0.1, 0.15) is 22.5 Å². The second-order valence-electron chi connectivity index (χ2n) is 6.22. The number of carbonyl (C=O) groups is 1. The summed E-state index contributed by atoms with van der Waals surface area (Å²) < 4.78 is 3.75.